The molecule has 3 heteroatoms. The molecule has 0 heterocycles. The lowest BCUT2D eigenvalue weighted by Gasteiger charge is -2.13. The number of aldehydes is 1. The fourth-order valence-electron chi connectivity index (χ4n) is 2.46. The molecule has 0 bridgehead atoms. The molecule has 3 rings (SSSR count). The molecule has 0 saturated heterocycles. The summed E-state index contributed by atoms with van der Waals surface area (Å²) >= 11 is 0. The van der Waals surface area contributed by atoms with Gasteiger partial charge in [0.15, 0.2) is 6.29 Å². The van der Waals surface area contributed by atoms with Gasteiger partial charge in [-0.2, -0.15) is 0 Å². The third-order valence-electron chi connectivity index (χ3n) is 3.62. The molecule has 0 aliphatic rings. The smallest absolute Gasteiger partial charge is 0.153 e. The molecule has 0 fully saturated rings. The molecule has 0 amide bonds. The number of ether oxygens (including phenoxy) is 2. The van der Waals surface area contributed by atoms with Gasteiger partial charge in [-0.15, -0.1) is 0 Å². The number of rotatable bonds is 7. The maximum absolute atomic E-state index is 11.0. The van der Waals surface area contributed by atoms with Crippen molar-refractivity contribution >= 4 is 6.29 Å². The van der Waals surface area contributed by atoms with Gasteiger partial charge in [-0.3, -0.25) is 4.79 Å². The Hall–Kier alpha value is -3.07. The van der Waals surface area contributed by atoms with Crippen LogP contribution in [0.15, 0.2) is 78.9 Å². The summed E-state index contributed by atoms with van der Waals surface area (Å²) in [7, 11) is 0. The molecule has 0 aromatic heterocycles. The largest absolute Gasteiger partial charge is 0.489 e. The highest BCUT2D eigenvalue weighted by molar-refractivity contribution is 5.79. The Morgan fingerprint density at radius 1 is 0.667 bits per heavy atom. The quantitative estimate of drug-likeness (QED) is 0.471. The summed E-state index contributed by atoms with van der Waals surface area (Å²) < 4.78 is 11.5. The van der Waals surface area contributed by atoms with Crippen LogP contribution in [0.4, 0.5) is 0 Å². The summed E-state index contributed by atoms with van der Waals surface area (Å²) in [6.45, 7) is 0.769. The zero-order chi connectivity index (χ0) is 16.6. The summed E-state index contributed by atoms with van der Waals surface area (Å²) in [5.41, 5.74) is 2.70. The zero-order valence-corrected chi connectivity index (χ0v) is 13.2. The molecule has 0 N–H and O–H groups in total. The number of hydrogen-bond donors (Lipinski definition) is 0. The maximum atomic E-state index is 11.0. The van der Waals surface area contributed by atoms with E-state index in [1.165, 1.54) is 0 Å². The van der Waals surface area contributed by atoms with E-state index in [2.05, 4.69) is 12.1 Å². The van der Waals surface area contributed by atoms with Crippen LogP contribution in [0.2, 0.25) is 0 Å². The topological polar surface area (TPSA) is 35.5 Å². The highest BCUT2D eigenvalue weighted by atomic mass is 16.5. The van der Waals surface area contributed by atoms with Crippen LogP contribution in [-0.4, -0.2) is 19.5 Å². The van der Waals surface area contributed by atoms with Crippen LogP contribution in [-0.2, 0) is 0 Å². The second-order valence-corrected chi connectivity index (χ2v) is 5.21. The van der Waals surface area contributed by atoms with Gasteiger partial charge in [0.1, 0.15) is 24.7 Å². The van der Waals surface area contributed by atoms with E-state index in [-0.39, 0.29) is 0 Å². The Balaban J connectivity index is 1.63. The molecule has 3 aromatic carbocycles. The summed E-state index contributed by atoms with van der Waals surface area (Å²) in [5, 5.41) is 0. The molecule has 0 unspecified atom stereocenters. The van der Waals surface area contributed by atoms with Crippen LogP contribution in [0.25, 0.3) is 11.1 Å². The summed E-state index contributed by atoms with van der Waals surface area (Å²) in [5.74, 6) is 1.39. The van der Waals surface area contributed by atoms with Crippen LogP contribution in [0.3, 0.4) is 0 Å². The van der Waals surface area contributed by atoms with E-state index in [9.17, 15) is 4.79 Å². The Labute approximate surface area is 141 Å². The van der Waals surface area contributed by atoms with E-state index in [1.807, 2.05) is 54.6 Å². The average molecular weight is 318 g/mol. The Kier molecular flexibility index (Phi) is 5.25. The first-order valence-corrected chi connectivity index (χ1v) is 7.83. The molecule has 0 aliphatic carbocycles. The third kappa shape index (κ3) is 3.82. The van der Waals surface area contributed by atoms with Crippen LogP contribution in [0.5, 0.6) is 11.5 Å². The molecule has 24 heavy (non-hydrogen) atoms. The number of hydrogen-bond acceptors (Lipinski definition) is 3. The second-order valence-electron chi connectivity index (χ2n) is 5.21. The van der Waals surface area contributed by atoms with Gasteiger partial charge in [0.25, 0.3) is 0 Å². The van der Waals surface area contributed by atoms with Gasteiger partial charge in [-0.25, -0.2) is 0 Å². The number of carbonyl (C=O) groups excluding carboxylic acids is 1. The molecule has 0 saturated carbocycles. The van der Waals surface area contributed by atoms with Crippen molar-refractivity contribution in [2.24, 2.45) is 0 Å². The fourth-order valence-corrected chi connectivity index (χ4v) is 2.46. The molecule has 0 radical (unpaired) electrons. The van der Waals surface area contributed by atoms with Crippen LogP contribution < -0.4 is 9.47 Å². The minimum Gasteiger partial charge on any atom is -0.489 e. The first-order chi connectivity index (χ1) is 11.9. The molecule has 3 nitrogen and oxygen atoms in total. The molecule has 0 spiro atoms. The van der Waals surface area contributed by atoms with E-state index in [1.54, 1.807) is 12.1 Å². The van der Waals surface area contributed by atoms with Crippen molar-refractivity contribution in [3.8, 4) is 22.6 Å². The lowest BCUT2D eigenvalue weighted by atomic mass is 10.1. The molecule has 0 aliphatic heterocycles. The van der Waals surface area contributed by atoms with Crippen molar-refractivity contribution in [3.63, 3.8) is 0 Å². The standard InChI is InChI=1S/C21H18O3/c22-16-18-10-4-6-12-20(18)23-14-15-24-21-13-7-5-11-19(21)17-8-2-1-3-9-17/h1-13,16H,14-15H2. The number of carbonyl (C=O) groups is 1. The van der Waals surface area contributed by atoms with E-state index in [0.29, 0.717) is 24.5 Å². The van der Waals surface area contributed by atoms with Crippen LogP contribution in [0.1, 0.15) is 10.4 Å². The van der Waals surface area contributed by atoms with Crippen molar-refractivity contribution in [2.45, 2.75) is 0 Å². The number of benzene rings is 3. The van der Waals surface area contributed by atoms with Gasteiger partial charge in [0.2, 0.25) is 0 Å². The Morgan fingerprint density at radius 2 is 1.25 bits per heavy atom. The van der Waals surface area contributed by atoms with E-state index in [0.717, 1.165) is 23.2 Å². The van der Waals surface area contributed by atoms with Gasteiger partial charge in [0.05, 0.1) is 5.56 Å². The van der Waals surface area contributed by atoms with Gasteiger partial charge in [0, 0.05) is 5.56 Å². The van der Waals surface area contributed by atoms with Crippen molar-refractivity contribution in [3.05, 3.63) is 84.4 Å². The van der Waals surface area contributed by atoms with Gasteiger partial charge < -0.3 is 9.47 Å². The van der Waals surface area contributed by atoms with Gasteiger partial charge in [-0.05, 0) is 23.8 Å². The van der Waals surface area contributed by atoms with Crippen LogP contribution in [0, 0.1) is 0 Å². The van der Waals surface area contributed by atoms with Crippen molar-refractivity contribution < 1.29 is 14.3 Å². The van der Waals surface area contributed by atoms with E-state index < -0.39 is 0 Å². The normalized spacial score (nSPS) is 10.2. The van der Waals surface area contributed by atoms with E-state index >= 15 is 0 Å². The molecule has 3 aromatic rings. The molecular formula is C21H18O3. The first kappa shape index (κ1) is 15.8. The summed E-state index contributed by atoms with van der Waals surface area (Å²) in [6.07, 6.45) is 0.793. The van der Waals surface area contributed by atoms with Gasteiger partial charge in [-0.1, -0.05) is 60.7 Å². The highest BCUT2D eigenvalue weighted by Crippen LogP contribution is 2.29. The molecule has 0 atom stereocenters. The first-order valence-electron chi connectivity index (χ1n) is 7.83. The van der Waals surface area contributed by atoms with Crippen LogP contribution >= 0.6 is 0 Å². The maximum Gasteiger partial charge on any atom is 0.153 e. The predicted molar refractivity (Wildman–Crippen MR) is 94.7 cm³/mol. The van der Waals surface area contributed by atoms with Crippen molar-refractivity contribution in [1.82, 2.24) is 0 Å². The lowest BCUT2D eigenvalue weighted by molar-refractivity contribution is 0.111. The SMILES string of the molecule is O=Cc1ccccc1OCCOc1ccccc1-c1ccccc1. The third-order valence-corrected chi connectivity index (χ3v) is 3.62. The summed E-state index contributed by atoms with van der Waals surface area (Å²) in [6, 6.07) is 25.2. The summed E-state index contributed by atoms with van der Waals surface area (Å²) in [4.78, 5) is 11.0. The molecular weight excluding hydrogens is 300 g/mol. The Bertz CT molecular complexity index is 797. The van der Waals surface area contributed by atoms with Crippen molar-refractivity contribution in [1.29, 1.82) is 0 Å². The highest BCUT2D eigenvalue weighted by Gasteiger charge is 2.06. The molecule has 120 valence electrons. The minimum atomic E-state index is 0.369. The van der Waals surface area contributed by atoms with Gasteiger partial charge >= 0.3 is 0 Å². The average Bonchev–Trinajstić information content (AvgIpc) is 2.66. The minimum absolute atomic E-state index is 0.369. The predicted octanol–water partition coefficient (Wildman–Crippen LogP) is 4.62. The fraction of sp³-hybridized carbons (Fsp3) is 0.0952. The Morgan fingerprint density at radius 3 is 2.00 bits per heavy atom. The second kappa shape index (κ2) is 7.97. The number of para-hydroxylation sites is 2. The van der Waals surface area contributed by atoms with E-state index in [4.69, 9.17) is 9.47 Å². The zero-order valence-electron chi connectivity index (χ0n) is 13.2. The monoisotopic (exact) mass is 318 g/mol. The van der Waals surface area contributed by atoms with Crippen molar-refractivity contribution in [2.75, 3.05) is 13.2 Å². The lowest BCUT2D eigenvalue weighted by Crippen LogP contribution is -2.10.